The lowest BCUT2D eigenvalue weighted by Crippen LogP contribution is -2.37. The van der Waals surface area contributed by atoms with E-state index < -0.39 is 8.07 Å². The van der Waals surface area contributed by atoms with Crippen LogP contribution < -0.4 is 5.19 Å². The molecule has 0 N–H and O–H groups in total. The molecule has 2 heteroatoms. The summed E-state index contributed by atoms with van der Waals surface area (Å²) >= 11 is 2.18. The van der Waals surface area contributed by atoms with Crippen molar-refractivity contribution >= 4 is 25.0 Å². The SMILES string of the molecule is C[Si](C)(C)c1ccc(CSC2CCCCC2)cc1. The van der Waals surface area contributed by atoms with Gasteiger partial charge in [0, 0.05) is 11.0 Å². The van der Waals surface area contributed by atoms with Gasteiger partial charge in [-0.15, -0.1) is 0 Å². The number of rotatable bonds is 4. The van der Waals surface area contributed by atoms with Gasteiger partial charge in [-0.2, -0.15) is 11.8 Å². The maximum absolute atomic E-state index is 2.42. The fraction of sp³-hybridized carbons (Fsp3) is 0.625. The maximum atomic E-state index is 2.42. The van der Waals surface area contributed by atoms with Crippen molar-refractivity contribution in [3.8, 4) is 0 Å². The van der Waals surface area contributed by atoms with Gasteiger partial charge in [0.25, 0.3) is 0 Å². The predicted octanol–water partition coefficient (Wildman–Crippen LogP) is 4.80. The van der Waals surface area contributed by atoms with Crippen molar-refractivity contribution in [2.45, 2.75) is 62.7 Å². The van der Waals surface area contributed by atoms with Crippen molar-refractivity contribution in [3.63, 3.8) is 0 Å². The second-order valence-corrected chi connectivity index (χ2v) is 12.9. The van der Waals surface area contributed by atoms with Crippen LogP contribution in [0.25, 0.3) is 0 Å². The Morgan fingerprint density at radius 3 is 2.17 bits per heavy atom. The molecule has 1 saturated carbocycles. The average molecular weight is 279 g/mol. The topological polar surface area (TPSA) is 0 Å². The van der Waals surface area contributed by atoms with Gasteiger partial charge in [-0.1, -0.05) is 68.4 Å². The van der Waals surface area contributed by atoms with Gasteiger partial charge in [-0.25, -0.2) is 0 Å². The molecule has 18 heavy (non-hydrogen) atoms. The standard InChI is InChI=1S/C16H26SSi/c1-18(2,3)16-11-9-14(10-12-16)13-17-15-7-5-4-6-8-15/h9-12,15H,4-8,13H2,1-3H3. The van der Waals surface area contributed by atoms with E-state index in [0.717, 1.165) is 5.25 Å². The van der Waals surface area contributed by atoms with Gasteiger partial charge < -0.3 is 0 Å². The summed E-state index contributed by atoms with van der Waals surface area (Å²) in [6.45, 7) is 7.25. The Morgan fingerprint density at radius 1 is 1.00 bits per heavy atom. The summed E-state index contributed by atoms with van der Waals surface area (Å²) in [5.41, 5.74) is 1.51. The Morgan fingerprint density at radius 2 is 1.61 bits per heavy atom. The molecule has 0 unspecified atom stereocenters. The normalized spacial score (nSPS) is 17.9. The van der Waals surface area contributed by atoms with Gasteiger partial charge in [0.2, 0.25) is 0 Å². The monoisotopic (exact) mass is 278 g/mol. The van der Waals surface area contributed by atoms with Gasteiger partial charge in [0.15, 0.2) is 0 Å². The summed E-state index contributed by atoms with van der Waals surface area (Å²) < 4.78 is 0. The highest BCUT2D eigenvalue weighted by molar-refractivity contribution is 7.99. The van der Waals surface area contributed by atoms with Crippen LogP contribution in [0.5, 0.6) is 0 Å². The first-order valence-electron chi connectivity index (χ1n) is 7.27. The molecule has 0 nitrogen and oxygen atoms in total. The van der Waals surface area contributed by atoms with Crippen molar-refractivity contribution in [1.29, 1.82) is 0 Å². The van der Waals surface area contributed by atoms with Crippen LogP contribution in [0, 0.1) is 0 Å². The third-order valence-corrected chi connectivity index (χ3v) is 7.37. The summed E-state index contributed by atoms with van der Waals surface area (Å²) in [7, 11) is -1.12. The van der Waals surface area contributed by atoms with Crippen LogP contribution in [-0.2, 0) is 5.75 Å². The Labute approximate surface area is 118 Å². The van der Waals surface area contributed by atoms with Gasteiger partial charge in [-0.3, -0.25) is 0 Å². The largest absolute Gasteiger partial charge is 0.154 e. The van der Waals surface area contributed by atoms with Crippen LogP contribution in [0.1, 0.15) is 37.7 Å². The summed E-state index contributed by atoms with van der Waals surface area (Å²) in [6.07, 6.45) is 7.25. The predicted molar refractivity (Wildman–Crippen MR) is 87.6 cm³/mol. The van der Waals surface area contributed by atoms with E-state index in [1.165, 1.54) is 43.4 Å². The van der Waals surface area contributed by atoms with Crippen molar-refractivity contribution in [3.05, 3.63) is 29.8 Å². The minimum atomic E-state index is -1.12. The zero-order valence-corrected chi connectivity index (χ0v) is 13.9. The maximum Gasteiger partial charge on any atom is 0.0775 e. The smallest absolute Gasteiger partial charge is 0.0775 e. The molecule has 0 bridgehead atoms. The van der Waals surface area contributed by atoms with Crippen molar-refractivity contribution < 1.29 is 0 Å². The molecule has 1 fully saturated rings. The Kier molecular flexibility index (Phi) is 4.96. The van der Waals surface area contributed by atoms with E-state index in [4.69, 9.17) is 0 Å². The summed E-state index contributed by atoms with van der Waals surface area (Å²) in [5, 5.41) is 2.50. The van der Waals surface area contributed by atoms with E-state index in [1.807, 2.05) is 0 Å². The van der Waals surface area contributed by atoms with Gasteiger partial charge in [0.05, 0.1) is 8.07 Å². The number of hydrogen-bond acceptors (Lipinski definition) is 1. The third kappa shape index (κ3) is 4.17. The summed E-state index contributed by atoms with van der Waals surface area (Å²) in [4.78, 5) is 0. The molecule has 1 aromatic rings. The first-order valence-corrected chi connectivity index (χ1v) is 11.8. The second-order valence-electron chi connectivity index (χ2n) is 6.52. The molecule has 1 aliphatic carbocycles. The highest BCUT2D eigenvalue weighted by Gasteiger charge is 2.16. The van der Waals surface area contributed by atoms with E-state index in [9.17, 15) is 0 Å². The molecule has 0 radical (unpaired) electrons. The first kappa shape index (κ1) is 14.2. The van der Waals surface area contributed by atoms with E-state index in [0.29, 0.717) is 0 Å². The van der Waals surface area contributed by atoms with Crippen LogP contribution >= 0.6 is 11.8 Å². The van der Waals surface area contributed by atoms with Gasteiger partial charge in [0.1, 0.15) is 0 Å². The quantitative estimate of drug-likeness (QED) is 0.713. The number of thioether (sulfide) groups is 1. The fourth-order valence-corrected chi connectivity index (χ4v) is 5.00. The van der Waals surface area contributed by atoms with Crippen LogP contribution in [0.15, 0.2) is 24.3 Å². The minimum Gasteiger partial charge on any atom is -0.154 e. The lowest BCUT2D eigenvalue weighted by Gasteiger charge is -2.21. The summed E-state index contributed by atoms with van der Waals surface area (Å²) in [5.74, 6) is 1.21. The highest BCUT2D eigenvalue weighted by Crippen LogP contribution is 2.30. The third-order valence-electron chi connectivity index (χ3n) is 3.86. The van der Waals surface area contributed by atoms with E-state index in [2.05, 4.69) is 55.7 Å². The molecule has 0 amide bonds. The number of benzene rings is 1. The molecule has 0 atom stereocenters. The van der Waals surface area contributed by atoms with Crippen LogP contribution in [0.4, 0.5) is 0 Å². The van der Waals surface area contributed by atoms with Gasteiger partial charge in [-0.05, 0) is 18.4 Å². The second kappa shape index (κ2) is 6.29. The molecule has 100 valence electrons. The molecule has 0 heterocycles. The fourth-order valence-electron chi connectivity index (χ4n) is 2.55. The summed E-state index contributed by atoms with van der Waals surface area (Å²) in [6, 6.07) is 9.43. The lowest BCUT2D eigenvalue weighted by molar-refractivity contribution is 0.516. The molecule has 1 aliphatic rings. The molecule has 0 spiro atoms. The first-order chi connectivity index (χ1) is 8.55. The molecule has 2 rings (SSSR count). The Balaban J connectivity index is 1.86. The van der Waals surface area contributed by atoms with Crippen molar-refractivity contribution in [2.75, 3.05) is 0 Å². The molecular formula is C16H26SSi. The molecule has 0 aromatic heterocycles. The molecule has 0 aliphatic heterocycles. The molecule has 0 saturated heterocycles. The molecule has 1 aromatic carbocycles. The van der Waals surface area contributed by atoms with E-state index in [-0.39, 0.29) is 0 Å². The lowest BCUT2D eigenvalue weighted by atomic mass is 10.0. The molecular weight excluding hydrogens is 252 g/mol. The van der Waals surface area contributed by atoms with Crippen LogP contribution in [0.3, 0.4) is 0 Å². The van der Waals surface area contributed by atoms with Crippen LogP contribution in [-0.4, -0.2) is 13.3 Å². The van der Waals surface area contributed by atoms with E-state index in [1.54, 1.807) is 5.19 Å². The van der Waals surface area contributed by atoms with Crippen LogP contribution in [0.2, 0.25) is 19.6 Å². The van der Waals surface area contributed by atoms with E-state index >= 15 is 0 Å². The number of hydrogen-bond donors (Lipinski definition) is 0. The highest BCUT2D eigenvalue weighted by atomic mass is 32.2. The Hall–Kier alpha value is -0.213. The van der Waals surface area contributed by atoms with Crippen molar-refractivity contribution in [2.24, 2.45) is 0 Å². The van der Waals surface area contributed by atoms with Crippen molar-refractivity contribution in [1.82, 2.24) is 0 Å². The average Bonchev–Trinajstić information content (AvgIpc) is 2.37. The zero-order valence-electron chi connectivity index (χ0n) is 12.0. The van der Waals surface area contributed by atoms with Gasteiger partial charge >= 0.3 is 0 Å². The zero-order chi connectivity index (χ0) is 13.0. The Bertz CT molecular complexity index is 358. The minimum absolute atomic E-state index is 0.926.